The number of carbonyl (C=O) groups excluding carboxylic acids is 1. The molecule has 0 amide bonds. The Labute approximate surface area is 141 Å². The number of hydroxylamine groups is 1. The van der Waals surface area contributed by atoms with Gasteiger partial charge in [0.05, 0.1) is 25.4 Å². The summed E-state index contributed by atoms with van der Waals surface area (Å²) in [5, 5.41) is 1.80. The van der Waals surface area contributed by atoms with Crippen LogP contribution in [0.1, 0.15) is 24.9 Å². The zero-order chi connectivity index (χ0) is 16.9. The number of anilines is 1. The molecule has 2 unspecified atom stereocenters. The third-order valence-corrected chi connectivity index (χ3v) is 4.02. The Hall–Kier alpha value is -2.53. The van der Waals surface area contributed by atoms with Crippen molar-refractivity contribution in [1.82, 2.24) is 0 Å². The summed E-state index contributed by atoms with van der Waals surface area (Å²) in [5.41, 5.74) is 1.97. The van der Waals surface area contributed by atoms with Crippen LogP contribution in [0.4, 0.5) is 5.69 Å². The van der Waals surface area contributed by atoms with Gasteiger partial charge in [-0.1, -0.05) is 30.3 Å². The summed E-state index contributed by atoms with van der Waals surface area (Å²) in [6.07, 6.45) is -0.0580. The van der Waals surface area contributed by atoms with Crippen LogP contribution in [0.5, 0.6) is 5.75 Å². The predicted octanol–water partition coefficient (Wildman–Crippen LogP) is 3.51. The van der Waals surface area contributed by atoms with Crippen molar-refractivity contribution in [1.29, 1.82) is 0 Å². The van der Waals surface area contributed by atoms with E-state index in [-0.39, 0.29) is 12.0 Å². The molecule has 0 aliphatic carbocycles. The standard InChI is InChI=1S/C19H21NO4/c1-3-23-19(21)18-13-17(14-9-11-16(22-2)12-10-14)20(24-18)15-7-5-4-6-8-15/h4-12,17-18H,3,13H2,1-2H3. The minimum Gasteiger partial charge on any atom is -0.497 e. The number of methoxy groups -OCH3 is 1. The Morgan fingerprint density at radius 2 is 1.88 bits per heavy atom. The van der Waals surface area contributed by atoms with Crippen molar-refractivity contribution >= 4 is 11.7 Å². The average Bonchev–Trinajstić information content (AvgIpc) is 3.08. The highest BCUT2D eigenvalue weighted by Crippen LogP contribution is 2.38. The summed E-state index contributed by atoms with van der Waals surface area (Å²) in [5.74, 6) is 0.473. The second-order valence-electron chi connectivity index (χ2n) is 5.53. The van der Waals surface area contributed by atoms with Gasteiger partial charge in [0.25, 0.3) is 0 Å². The minimum atomic E-state index is -0.600. The van der Waals surface area contributed by atoms with E-state index < -0.39 is 6.10 Å². The molecule has 3 rings (SSSR count). The zero-order valence-corrected chi connectivity index (χ0v) is 13.8. The first kappa shape index (κ1) is 16.3. The second kappa shape index (κ2) is 7.36. The van der Waals surface area contributed by atoms with Crippen molar-refractivity contribution < 1.29 is 19.1 Å². The number of esters is 1. The van der Waals surface area contributed by atoms with E-state index >= 15 is 0 Å². The lowest BCUT2D eigenvalue weighted by atomic mass is 10.0. The first-order valence-electron chi connectivity index (χ1n) is 8.04. The fourth-order valence-electron chi connectivity index (χ4n) is 2.84. The lowest BCUT2D eigenvalue weighted by Gasteiger charge is -2.25. The molecule has 0 aromatic heterocycles. The SMILES string of the molecule is CCOC(=O)C1CC(c2ccc(OC)cc2)N(c2ccccc2)O1. The Morgan fingerprint density at radius 1 is 1.17 bits per heavy atom. The van der Waals surface area contributed by atoms with Crippen molar-refractivity contribution in [2.45, 2.75) is 25.5 Å². The van der Waals surface area contributed by atoms with E-state index in [1.54, 1.807) is 19.1 Å². The molecule has 0 bridgehead atoms. The van der Waals surface area contributed by atoms with E-state index in [1.165, 1.54) is 0 Å². The van der Waals surface area contributed by atoms with Crippen molar-refractivity contribution in [3.8, 4) is 5.75 Å². The van der Waals surface area contributed by atoms with Gasteiger partial charge in [0, 0.05) is 6.42 Å². The fraction of sp³-hybridized carbons (Fsp3) is 0.316. The van der Waals surface area contributed by atoms with Crippen LogP contribution in [0.25, 0.3) is 0 Å². The van der Waals surface area contributed by atoms with Crippen LogP contribution in [0.3, 0.4) is 0 Å². The number of hydrogen-bond donors (Lipinski definition) is 0. The number of benzene rings is 2. The summed E-state index contributed by atoms with van der Waals surface area (Å²) < 4.78 is 10.3. The summed E-state index contributed by atoms with van der Waals surface area (Å²) in [6, 6.07) is 17.5. The van der Waals surface area contributed by atoms with E-state index in [4.69, 9.17) is 14.3 Å². The van der Waals surface area contributed by atoms with Crippen LogP contribution in [0, 0.1) is 0 Å². The Morgan fingerprint density at radius 3 is 2.50 bits per heavy atom. The summed E-state index contributed by atoms with van der Waals surface area (Å²) in [6.45, 7) is 2.14. The molecular weight excluding hydrogens is 306 g/mol. The van der Waals surface area contributed by atoms with E-state index in [1.807, 2.05) is 54.6 Å². The number of carbonyl (C=O) groups is 1. The smallest absolute Gasteiger partial charge is 0.338 e. The lowest BCUT2D eigenvalue weighted by Crippen LogP contribution is -2.26. The largest absolute Gasteiger partial charge is 0.497 e. The van der Waals surface area contributed by atoms with Gasteiger partial charge in [-0.25, -0.2) is 9.86 Å². The van der Waals surface area contributed by atoms with Gasteiger partial charge in [0.2, 0.25) is 0 Å². The van der Waals surface area contributed by atoms with Crippen molar-refractivity contribution in [3.63, 3.8) is 0 Å². The van der Waals surface area contributed by atoms with Gasteiger partial charge >= 0.3 is 5.97 Å². The van der Waals surface area contributed by atoms with Crippen LogP contribution in [-0.4, -0.2) is 25.8 Å². The van der Waals surface area contributed by atoms with Gasteiger partial charge in [-0.05, 0) is 36.8 Å². The van der Waals surface area contributed by atoms with Gasteiger partial charge in [0.15, 0.2) is 6.10 Å². The molecule has 2 atom stereocenters. The normalized spacial score (nSPS) is 20.0. The topological polar surface area (TPSA) is 48.0 Å². The van der Waals surface area contributed by atoms with Crippen molar-refractivity contribution in [2.75, 3.05) is 18.8 Å². The highest BCUT2D eigenvalue weighted by Gasteiger charge is 2.39. The molecule has 1 heterocycles. The number of ether oxygens (including phenoxy) is 2. The molecule has 2 aromatic rings. The maximum absolute atomic E-state index is 12.1. The van der Waals surface area contributed by atoms with Gasteiger partial charge in [-0.15, -0.1) is 0 Å². The Balaban J connectivity index is 1.88. The minimum absolute atomic E-state index is 0.0623. The maximum Gasteiger partial charge on any atom is 0.338 e. The molecule has 1 aliphatic rings. The van der Waals surface area contributed by atoms with E-state index in [9.17, 15) is 4.79 Å². The highest BCUT2D eigenvalue weighted by molar-refractivity contribution is 5.75. The quantitative estimate of drug-likeness (QED) is 0.787. The molecule has 5 nitrogen and oxygen atoms in total. The van der Waals surface area contributed by atoms with Crippen LogP contribution < -0.4 is 9.80 Å². The van der Waals surface area contributed by atoms with Gasteiger partial charge < -0.3 is 9.47 Å². The summed E-state index contributed by atoms with van der Waals surface area (Å²) >= 11 is 0. The first-order chi connectivity index (χ1) is 11.7. The molecule has 1 aliphatic heterocycles. The third-order valence-electron chi connectivity index (χ3n) is 4.02. The molecular formula is C19H21NO4. The second-order valence-corrected chi connectivity index (χ2v) is 5.53. The van der Waals surface area contributed by atoms with E-state index in [0.717, 1.165) is 17.0 Å². The number of para-hydroxylation sites is 1. The van der Waals surface area contributed by atoms with Crippen LogP contribution in [0.15, 0.2) is 54.6 Å². The van der Waals surface area contributed by atoms with Gasteiger partial charge in [-0.3, -0.25) is 4.84 Å². The van der Waals surface area contributed by atoms with Crippen LogP contribution >= 0.6 is 0 Å². The summed E-state index contributed by atoms with van der Waals surface area (Å²) in [4.78, 5) is 18.0. The molecule has 5 heteroatoms. The van der Waals surface area contributed by atoms with Crippen molar-refractivity contribution in [3.05, 3.63) is 60.2 Å². The summed E-state index contributed by atoms with van der Waals surface area (Å²) in [7, 11) is 1.64. The molecule has 0 radical (unpaired) electrons. The number of nitrogens with zero attached hydrogens (tertiary/aromatic N) is 1. The Bertz CT molecular complexity index is 672. The monoisotopic (exact) mass is 327 g/mol. The average molecular weight is 327 g/mol. The maximum atomic E-state index is 12.1. The zero-order valence-electron chi connectivity index (χ0n) is 13.8. The molecule has 2 aromatic carbocycles. The highest BCUT2D eigenvalue weighted by atomic mass is 16.7. The molecule has 0 spiro atoms. The molecule has 0 saturated carbocycles. The van der Waals surface area contributed by atoms with Crippen molar-refractivity contribution in [2.24, 2.45) is 0 Å². The van der Waals surface area contributed by atoms with E-state index in [2.05, 4.69) is 0 Å². The third kappa shape index (κ3) is 3.36. The predicted molar refractivity (Wildman–Crippen MR) is 90.8 cm³/mol. The van der Waals surface area contributed by atoms with Crippen LogP contribution in [0.2, 0.25) is 0 Å². The number of hydrogen-bond acceptors (Lipinski definition) is 5. The lowest BCUT2D eigenvalue weighted by molar-refractivity contribution is -0.154. The molecule has 1 saturated heterocycles. The number of rotatable bonds is 5. The Kier molecular flexibility index (Phi) is 5.01. The van der Waals surface area contributed by atoms with Crippen LogP contribution in [-0.2, 0) is 14.4 Å². The van der Waals surface area contributed by atoms with Gasteiger partial charge in [-0.2, -0.15) is 0 Å². The molecule has 0 N–H and O–H groups in total. The first-order valence-corrected chi connectivity index (χ1v) is 8.04. The van der Waals surface area contributed by atoms with E-state index in [0.29, 0.717) is 13.0 Å². The van der Waals surface area contributed by atoms with Gasteiger partial charge in [0.1, 0.15) is 5.75 Å². The molecule has 126 valence electrons. The fourth-order valence-corrected chi connectivity index (χ4v) is 2.84. The molecule has 24 heavy (non-hydrogen) atoms. The molecule has 1 fully saturated rings.